The van der Waals surface area contributed by atoms with E-state index in [0.29, 0.717) is 6.61 Å². The Morgan fingerprint density at radius 3 is 1.44 bits per heavy atom. The zero-order valence-corrected chi connectivity index (χ0v) is 16.7. The van der Waals surface area contributed by atoms with Gasteiger partial charge in [-0.25, -0.2) is 0 Å². The maximum absolute atomic E-state index is 7.57. The zero-order chi connectivity index (χ0) is 17.9. The van der Waals surface area contributed by atoms with Crippen LogP contribution in [0.5, 0.6) is 0 Å². The summed E-state index contributed by atoms with van der Waals surface area (Å²) in [6.07, 6.45) is 13.2. The van der Waals surface area contributed by atoms with Gasteiger partial charge in [0, 0.05) is 38.9 Å². The second-order valence-corrected chi connectivity index (χ2v) is 3.44. The summed E-state index contributed by atoms with van der Waals surface area (Å²) in [7, 11) is 1.68. The maximum Gasteiger partial charge on any atom is 0.0845 e. The minimum atomic E-state index is 0. The molecule has 0 rings (SSSR count). The predicted molar refractivity (Wildman–Crippen MR) is 124 cm³/mol. The molecule has 1 radical (unpaired) electrons. The van der Waals surface area contributed by atoms with Gasteiger partial charge in [-0.15, -0.1) is 13.2 Å². The van der Waals surface area contributed by atoms with Gasteiger partial charge in [0.1, 0.15) is 0 Å². The number of aliphatic hydroxyl groups excluding tert-OH is 2. The van der Waals surface area contributed by atoms with Gasteiger partial charge in [-0.1, -0.05) is 54.0 Å². The van der Waals surface area contributed by atoms with E-state index in [9.17, 15) is 0 Å². The maximum atomic E-state index is 7.57. The fourth-order valence-electron chi connectivity index (χ4n) is 0.677. The Morgan fingerprint density at radius 1 is 0.778 bits per heavy atom. The van der Waals surface area contributed by atoms with E-state index >= 15 is 0 Å². The van der Waals surface area contributed by atoms with Gasteiger partial charge in [-0.2, -0.15) is 0 Å². The van der Waals surface area contributed by atoms with E-state index in [1.54, 1.807) is 27.2 Å². The molecule has 0 aliphatic rings. The van der Waals surface area contributed by atoms with Crippen LogP contribution in [0.1, 0.15) is 63.3 Å². The van der Waals surface area contributed by atoms with Crippen molar-refractivity contribution in [1.82, 2.24) is 0 Å². The molecule has 0 aromatic carbocycles. The van der Waals surface area contributed by atoms with Gasteiger partial charge in [0.25, 0.3) is 0 Å². The third-order valence-corrected chi connectivity index (χ3v) is 1.39. The summed E-state index contributed by atoms with van der Waals surface area (Å²) in [6.45, 7) is 14.2. The van der Waals surface area contributed by atoms with Crippen molar-refractivity contribution in [3.63, 3.8) is 0 Å². The first-order chi connectivity index (χ1) is 10.7. The Labute approximate surface area is 185 Å². The molecule has 0 aliphatic heterocycles. The predicted octanol–water partition coefficient (Wildman–Crippen LogP) is 6.42. The molecule has 0 bridgehead atoms. The van der Waals surface area contributed by atoms with Crippen LogP contribution in [0.15, 0.2) is 49.8 Å². The van der Waals surface area contributed by atoms with E-state index in [-0.39, 0.29) is 61.5 Å². The van der Waals surface area contributed by atoms with Crippen molar-refractivity contribution in [2.75, 3.05) is 33.5 Å². The molecule has 169 valence electrons. The number of hydrogen-bond donors (Lipinski definition) is 2. The minimum Gasteiger partial charge on any atom is -0.502 e. The number of aliphatic hydroxyl groups is 2. The van der Waals surface area contributed by atoms with Crippen molar-refractivity contribution in [1.29, 1.82) is 0 Å². The van der Waals surface area contributed by atoms with Gasteiger partial charge in [0.05, 0.1) is 19.5 Å². The summed E-state index contributed by atoms with van der Waals surface area (Å²) in [6, 6.07) is 0. The molecule has 27 heavy (non-hydrogen) atoms. The zero-order valence-electron chi connectivity index (χ0n) is 15.3. The largest absolute Gasteiger partial charge is 0.502 e. The minimum absolute atomic E-state index is 0. The van der Waals surface area contributed by atoms with Crippen LogP contribution in [0.4, 0.5) is 0 Å². The van der Waals surface area contributed by atoms with Crippen LogP contribution in [-0.4, -0.2) is 43.8 Å². The summed E-state index contributed by atoms with van der Waals surface area (Å²) >= 11 is 0. The Bertz CT molecular complexity index is 208. The third kappa shape index (κ3) is 160. The Hall–Kier alpha value is -0.776. The van der Waals surface area contributed by atoms with Gasteiger partial charge in [0.2, 0.25) is 0 Å². The average molecular weight is 432 g/mol. The molecule has 0 saturated carbocycles. The van der Waals surface area contributed by atoms with E-state index in [1.807, 2.05) is 37.3 Å². The van der Waals surface area contributed by atoms with E-state index in [1.165, 1.54) is 0 Å². The molecule has 5 heteroatoms. The van der Waals surface area contributed by atoms with Crippen molar-refractivity contribution >= 4 is 0 Å². The number of methoxy groups -OCH3 is 1. The molecule has 0 fully saturated rings. The van der Waals surface area contributed by atoms with Crippen molar-refractivity contribution in [3.8, 4) is 0 Å². The SMILES string of the molecule is C.C.C.C.C=CCC=C.CCO.CCO.CCOC=CCC=CCOC.[V]. The Balaban J connectivity index is -0.0000000250. The first-order valence-electron chi connectivity index (χ1n) is 7.50. The van der Waals surface area contributed by atoms with Crippen molar-refractivity contribution in [2.45, 2.75) is 63.3 Å². The number of hydrogen-bond acceptors (Lipinski definition) is 4. The number of allylic oxidation sites excluding steroid dienone is 4. The quantitative estimate of drug-likeness (QED) is 0.344. The molecule has 0 unspecified atom stereocenters. The average Bonchev–Trinajstić information content (AvgIpc) is 2.50. The summed E-state index contributed by atoms with van der Waals surface area (Å²) in [5, 5.41) is 15.1. The number of rotatable bonds is 8. The second kappa shape index (κ2) is 84.6. The molecule has 0 saturated heterocycles. The van der Waals surface area contributed by atoms with Gasteiger partial charge >= 0.3 is 0 Å². The summed E-state index contributed by atoms with van der Waals surface area (Å²) in [5.74, 6) is 0. The van der Waals surface area contributed by atoms with Crippen LogP contribution in [0.3, 0.4) is 0 Å². The van der Waals surface area contributed by atoms with Crippen molar-refractivity contribution in [2.24, 2.45) is 0 Å². The Kier molecular flexibility index (Phi) is 176. The van der Waals surface area contributed by atoms with Crippen molar-refractivity contribution in [3.05, 3.63) is 49.8 Å². The van der Waals surface area contributed by atoms with Gasteiger partial charge in [0.15, 0.2) is 0 Å². The van der Waals surface area contributed by atoms with E-state index in [0.717, 1.165) is 19.4 Å². The van der Waals surface area contributed by atoms with Gasteiger partial charge in [-0.3, -0.25) is 0 Å². The molecule has 4 nitrogen and oxygen atoms in total. The topological polar surface area (TPSA) is 58.9 Å². The van der Waals surface area contributed by atoms with E-state index < -0.39 is 0 Å². The molecule has 0 amide bonds. The van der Waals surface area contributed by atoms with Crippen LogP contribution < -0.4 is 0 Å². The molecular weight excluding hydrogens is 379 g/mol. The first-order valence-corrected chi connectivity index (χ1v) is 7.50. The fourth-order valence-corrected chi connectivity index (χ4v) is 0.677. The summed E-state index contributed by atoms with van der Waals surface area (Å²) in [4.78, 5) is 0. The fraction of sp³-hybridized carbons (Fsp3) is 0.636. The monoisotopic (exact) mass is 431 g/mol. The Morgan fingerprint density at radius 2 is 1.19 bits per heavy atom. The first kappa shape index (κ1) is 56.2. The van der Waals surface area contributed by atoms with E-state index in [2.05, 4.69) is 13.2 Å². The van der Waals surface area contributed by atoms with Crippen LogP contribution in [0.25, 0.3) is 0 Å². The smallest absolute Gasteiger partial charge is 0.0845 e. The van der Waals surface area contributed by atoms with Gasteiger partial charge < -0.3 is 19.7 Å². The molecule has 0 spiro atoms. The molecule has 0 heterocycles. The number of ether oxygens (including phenoxy) is 2. The van der Waals surface area contributed by atoms with Crippen LogP contribution in [0, 0.1) is 0 Å². The van der Waals surface area contributed by atoms with Crippen LogP contribution in [-0.2, 0) is 28.0 Å². The summed E-state index contributed by atoms with van der Waals surface area (Å²) < 4.78 is 9.82. The van der Waals surface area contributed by atoms with Crippen LogP contribution >= 0.6 is 0 Å². The third-order valence-electron chi connectivity index (χ3n) is 1.39. The molecule has 0 aliphatic carbocycles. The normalized spacial score (nSPS) is 7.19. The van der Waals surface area contributed by atoms with E-state index in [4.69, 9.17) is 19.7 Å². The molecule has 2 N–H and O–H groups in total. The standard InChI is InChI=1S/C9H16O2.C5H8.2C2H6O.4CH4.V/c1-3-11-9-7-5-4-6-8-10-2;1-3-5-4-2;2*1-2-3;;;;;/h4,6-7,9H,3,5,8H2,1-2H3;3-4H,1-2,5H2;2*3H,2H2,1H3;4*1H4;. The molecular formula is C22H52O4V. The second-order valence-electron chi connectivity index (χ2n) is 3.44. The van der Waals surface area contributed by atoms with Crippen molar-refractivity contribution < 1.29 is 38.2 Å². The van der Waals surface area contributed by atoms with Crippen LogP contribution in [0.2, 0.25) is 0 Å². The van der Waals surface area contributed by atoms with Gasteiger partial charge in [-0.05, 0) is 39.7 Å². The molecule has 0 aromatic rings. The summed E-state index contributed by atoms with van der Waals surface area (Å²) in [5.41, 5.74) is 0. The molecule has 0 aromatic heterocycles. The molecule has 0 atom stereocenters.